The van der Waals surface area contributed by atoms with Gasteiger partial charge in [-0.05, 0) is 77.9 Å². The van der Waals surface area contributed by atoms with Gasteiger partial charge in [-0.2, -0.15) is 0 Å². The maximum atomic E-state index is 3.47. The first-order valence-electron chi connectivity index (χ1n) is 14.9. The average Bonchev–Trinajstić information content (AvgIpc) is 3.03. The van der Waals surface area contributed by atoms with E-state index in [1.165, 1.54) is 58.4 Å². The third kappa shape index (κ3) is 19.1. The molecule has 212 valence electrons. The fraction of sp³-hybridized carbons (Fsp3) is 1.00. The van der Waals surface area contributed by atoms with Crippen LogP contribution in [0, 0.1) is 10.8 Å². The molecule has 0 spiro atoms. The van der Waals surface area contributed by atoms with Crippen LogP contribution >= 0.6 is 0 Å². The van der Waals surface area contributed by atoms with Crippen LogP contribution in [0.4, 0.5) is 0 Å². The fourth-order valence-corrected chi connectivity index (χ4v) is 5.09. The van der Waals surface area contributed by atoms with E-state index in [4.69, 9.17) is 0 Å². The van der Waals surface area contributed by atoms with E-state index in [-0.39, 0.29) is 5.54 Å². The summed E-state index contributed by atoms with van der Waals surface area (Å²) in [6.07, 6.45) is 5.03. The molecular formula is C31H73N3. The first kappa shape index (κ1) is 41.0. The highest BCUT2D eigenvalue weighted by Gasteiger charge is 2.35. The van der Waals surface area contributed by atoms with Crippen LogP contribution in [0.1, 0.15) is 143 Å². The van der Waals surface area contributed by atoms with E-state index in [2.05, 4.69) is 84.5 Å². The van der Waals surface area contributed by atoms with Crippen molar-refractivity contribution in [3.8, 4) is 0 Å². The van der Waals surface area contributed by atoms with Crippen LogP contribution in [-0.4, -0.2) is 60.6 Å². The molecule has 1 N–H and O–H groups in total. The van der Waals surface area contributed by atoms with Gasteiger partial charge in [0.05, 0.1) is 0 Å². The molecule has 0 aliphatic carbocycles. The van der Waals surface area contributed by atoms with E-state index in [1.807, 2.05) is 55.4 Å². The second kappa shape index (κ2) is 21.0. The molecule has 1 aliphatic rings. The number of rotatable bonds is 9. The topological polar surface area (TPSA) is 18.5 Å². The lowest BCUT2D eigenvalue weighted by atomic mass is 9.77. The van der Waals surface area contributed by atoms with E-state index in [0.29, 0.717) is 16.4 Å². The summed E-state index contributed by atoms with van der Waals surface area (Å²) < 4.78 is 0. The molecule has 1 heterocycles. The van der Waals surface area contributed by atoms with E-state index in [9.17, 15) is 0 Å². The molecule has 1 rings (SSSR count). The normalized spacial score (nSPS) is 15.7. The lowest BCUT2D eigenvalue weighted by Crippen LogP contribution is -2.48. The van der Waals surface area contributed by atoms with E-state index in [1.54, 1.807) is 0 Å². The van der Waals surface area contributed by atoms with Crippen LogP contribution in [0.3, 0.4) is 0 Å². The second-order valence-corrected chi connectivity index (χ2v) is 11.6. The van der Waals surface area contributed by atoms with Crippen LogP contribution < -0.4 is 5.32 Å². The molecule has 0 aromatic rings. The van der Waals surface area contributed by atoms with Gasteiger partial charge in [0.15, 0.2) is 0 Å². The molecule has 0 saturated carbocycles. The highest BCUT2D eigenvalue weighted by atomic mass is 15.3. The van der Waals surface area contributed by atoms with Gasteiger partial charge in [0.25, 0.3) is 0 Å². The highest BCUT2D eigenvalue weighted by Crippen LogP contribution is 2.35. The minimum Gasteiger partial charge on any atom is -0.315 e. The summed E-state index contributed by atoms with van der Waals surface area (Å²) in [7, 11) is 2.08. The fourth-order valence-electron chi connectivity index (χ4n) is 5.09. The Morgan fingerprint density at radius 2 is 1.09 bits per heavy atom. The molecule has 0 bridgehead atoms. The van der Waals surface area contributed by atoms with Gasteiger partial charge < -0.3 is 10.2 Å². The van der Waals surface area contributed by atoms with Crippen LogP contribution in [0.2, 0.25) is 0 Å². The molecule has 0 aromatic carbocycles. The van der Waals surface area contributed by atoms with Crippen LogP contribution in [0.25, 0.3) is 0 Å². The van der Waals surface area contributed by atoms with Crippen molar-refractivity contribution in [3.63, 3.8) is 0 Å². The van der Waals surface area contributed by atoms with Crippen molar-refractivity contribution in [1.82, 2.24) is 15.1 Å². The Kier molecular flexibility index (Phi) is 25.4. The molecule has 1 fully saturated rings. The predicted octanol–water partition coefficient (Wildman–Crippen LogP) is 9.12. The quantitative estimate of drug-likeness (QED) is 0.350. The molecule has 1 saturated heterocycles. The van der Waals surface area contributed by atoms with Gasteiger partial charge in [0.2, 0.25) is 0 Å². The third-order valence-corrected chi connectivity index (χ3v) is 6.56. The third-order valence-electron chi connectivity index (χ3n) is 6.56. The largest absolute Gasteiger partial charge is 0.315 e. The van der Waals surface area contributed by atoms with Crippen molar-refractivity contribution < 1.29 is 0 Å². The lowest BCUT2D eigenvalue weighted by molar-refractivity contribution is 0.0707. The summed E-state index contributed by atoms with van der Waals surface area (Å²) in [6, 6.07) is 0. The Morgan fingerprint density at radius 1 is 0.618 bits per heavy atom. The lowest BCUT2D eigenvalue weighted by Gasteiger charge is -2.43. The minimum absolute atomic E-state index is 0.203. The molecule has 0 atom stereocenters. The standard InChI is InChI=1S/C23H49N3.4C2H6/c1-11-20(2,3)18-23(8,9)26-14-12-13-25(15-16-26)19-21(4,5)17-22(6,7)24-10;4*1-2/h24H,11-19H2,1-10H3;4*1-2H3. The van der Waals surface area contributed by atoms with Gasteiger partial charge in [-0.15, -0.1) is 0 Å². The van der Waals surface area contributed by atoms with Gasteiger partial charge in [-0.3, -0.25) is 4.90 Å². The summed E-state index contributed by atoms with van der Waals surface area (Å²) in [5, 5.41) is 3.47. The number of nitrogens with one attached hydrogen (secondary N) is 1. The molecule has 0 radical (unpaired) electrons. The zero-order valence-corrected chi connectivity index (χ0v) is 27.8. The zero-order chi connectivity index (χ0) is 28.2. The van der Waals surface area contributed by atoms with Gasteiger partial charge in [0, 0.05) is 30.7 Å². The molecule has 34 heavy (non-hydrogen) atoms. The smallest absolute Gasteiger partial charge is 0.0158 e. The van der Waals surface area contributed by atoms with Crippen molar-refractivity contribution in [1.29, 1.82) is 0 Å². The number of hydrogen-bond donors (Lipinski definition) is 1. The number of nitrogens with zero attached hydrogens (tertiary/aromatic N) is 2. The monoisotopic (exact) mass is 488 g/mol. The Morgan fingerprint density at radius 3 is 1.50 bits per heavy atom. The van der Waals surface area contributed by atoms with Crippen molar-refractivity contribution >= 4 is 0 Å². The Bertz CT molecular complexity index is 424. The SMILES string of the molecule is CC.CC.CC.CC.CCC(C)(C)CC(C)(C)N1CCCN(CC(C)(C)CC(C)(C)NC)CC1. The second-order valence-electron chi connectivity index (χ2n) is 11.6. The van der Waals surface area contributed by atoms with Crippen molar-refractivity contribution in [2.45, 2.75) is 154 Å². The minimum atomic E-state index is 0.203. The maximum absolute atomic E-state index is 3.47. The summed E-state index contributed by atoms with van der Waals surface area (Å²) >= 11 is 0. The van der Waals surface area contributed by atoms with Crippen LogP contribution in [0.5, 0.6) is 0 Å². The van der Waals surface area contributed by atoms with Crippen molar-refractivity contribution in [3.05, 3.63) is 0 Å². The first-order valence-corrected chi connectivity index (χ1v) is 14.9. The average molecular weight is 488 g/mol. The van der Waals surface area contributed by atoms with E-state index >= 15 is 0 Å². The summed E-state index contributed by atoms with van der Waals surface area (Å²) in [6.45, 7) is 43.7. The van der Waals surface area contributed by atoms with E-state index in [0.717, 1.165) is 0 Å². The summed E-state index contributed by atoms with van der Waals surface area (Å²) in [4.78, 5) is 5.47. The highest BCUT2D eigenvalue weighted by molar-refractivity contribution is 4.90. The van der Waals surface area contributed by atoms with Crippen molar-refractivity contribution in [2.75, 3.05) is 39.8 Å². The molecule has 0 amide bonds. The molecule has 3 heteroatoms. The molecule has 0 aromatic heterocycles. The predicted molar refractivity (Wildman–Crippen MR) is 162 cm³/mol. The van der Waals surface area contributed by atoms with Gasteiger partial charge in [-0.1, -0.05) is 96.4 Å². The number of hydrogen-bond acceptors (Lipinski definition) is 3. The summed E-state index contributed by atoms with van der Waals surface area (Å²) in [5.74, 6) is 0. The molecule has 3 nitrogen and oxygen atoms in total. The summed E-state index contributed by atoms with van der Waals surface area (Å²) in [5.41, 5.74) is 1.26. The first-order chi connectivity index (χ1) is 15.7. The Labute approximate surface area is 220 Å². The van der Waals surface area contributed by atoms with Gasteiger partial charge in [-0.25, -0.2) is 0 Å². The van der Waals surface area contributed by atoms with Gasteiger partial charge >= 0.3 is 0 Å². The van der Waals surface area contributed by atoms with Gasteiger partial charge in [0.1, 0.15) is 0 Å². The van der Waals surface area contributed by atoms with Crippen molar-refractivity contribution in [2.24, 2.45) is 10.8 Å². The Hall–Kier alpha value is -0.120. The van der Waals surface area contributed by atoms with E-state index < -0.39 is 0 Å². The Balaban J connectivity index is -0.000000506. The van der Waals surface area contributed by atoms with Crippen LogP contribution in [-0.2, 0) is 0 Å². The zero-order valence-electron chi connectivity index (χ0n) is 27.8. The molecule has 0 unspecified atom stereocenters. The molecule has 1 aliphatic heterocycles. The maximum Gasteiger partial charge on any atom is 0.0158 e. The molecular weight excluding hydrogens is 414 g/mol. The van der Waals surface area contributed by atoms with Crippen LogP contribution in [0.15, 0.2) is 0 Å².